The topological polar surface area (TPSA) is 38.0 Å². The zero-order valence-electron chi connectivity index (χ0n) is 2.94. The van der Waals surface area contributed by atoms with E-state index in [-0.39, 0.29) is 0 Å². The molecule has 32 valence electrons. The summed E-state index contributed by atoms with van der Waals surface area (Å²) in [4.78, 5) is 0. The predicted octanol–water partition coefficient (Wildman–Crippen LogP) is -0.620. The van der Waals surface area contributed by atoms with Gasteiger partial charge in [-0.25, -0.2) is 0 Å². The molecule has 0 aliphatic carbocycles. The summed E-state index contributed by atoms with van der Waals surface area (Å²) in [5, 5.41) is 0. The molecular weight excluding hydrogens is 84.1 g/mol. The van der Waals surface area contributed by atoms with Crippen molar-refractivity contribution in [2.45, 2.75) is 0 Å². The Morgan fingerprint density at radius 2 is 2.40 bits per heavy atom. The molecule has 0 rings (SSSR count). The van der Waals surface area contributed by atoms with Crippen LogP contribution in [0.4, 0.5) is 0 Å². The third-order valence-electron chi connectivity index (χ3n) is 0.256. The van der Waals surface area contributed by atoms with Crippen molar-refractivity contribution in [1.29, 1.82) is 0 Å². The van der Waals surface area contributed by atoms with Gasteiger partial charge in [-0.15, -0.1) is 0 Å². The van der Waals surface area contributed by atoms with Gasteiger partial charge >= 0.3 is 0 Å². The first-order valence-electron chi connectivity index (χ1n) is 1.46. The molecule has 2 nitrogen and oxygen atoms in total. The number of hydrogen-bond donors (Lipinski definition) is 3. The fraction of sp³-hybridized carbons (Fsp3) is 1.00. The first-order valence-corrected chi connectivity index (χ1v) is 2.09. The van der Waals surface area contributed by atoms with Gasteiger partial charge in [0, 0.05) is 12.3 Å². The molecular formula is C2H8N2S. The van der Waals surface area contributed by atoms with Gasteiger partial charge in [0.25, 0.3) is 0 Å². The summed E-state index contributed by atoms with van der Waals surface area (Å²) in [7, 11) is 0. The normalized spacial score (nSPS) is 8.40. The minimum Gasteiger partial charge on any atom is -0.271 e. The molecule has 0 saturated heterocycles. The summed E-state index contributed by atoms with van der Waals surface area (Å²) in [6.07, 6.45) is 0. The molecule has 0 aromatic carbocycles. The Balaban J connectivity index is 2.19. The van der Waals surface area contributed by atoms with Crippen LogP contribution in [0.5, 0.6) is 0 Å². The van der Waals surface area contributed by atoms with Gasteiger partial charge in [0.1, 0.15) is 0 Å². The van der Waals surface area contributed by atoms with E-state index in [0.29, 0.717) is 0 Å². The van der Waals surface area contributed by atoms with Gasteiger partial charge in [0.15, 0.2) is 0 Å². The monoisotopic (exact) mass is 92.0 g/mol. The van der Waals surface area contributed by atoms with Gasteiger partial charge in [-0.1, -0.05) is 0 Å². The number of nitrogens with two attached hydrogens (primary N) is 1. The van der Waals surface area contributed by atoms with Gasteiger partial charge in [0.05, 0.1) is 0 Å². The van der Waals surface area contributed by atoms with E-state index in [1.54, 1.807) is 0 Å². The molecule has 0 atom stereocenters. The van der Waals surface area contributed by atoms with Crippen molar-refractivity contribution in [3.8, 4) is 0 Å². The summed E-state index contributed by atoms with van der Waals surface area (Å²) in [5.41, 5.74) is 2.44. The lowest BCUT2D eigenvalue weighted by atomic mass is 10.8. The van der Waals surface area contributed by atoms with E-state index < -0.39 is 0 Å². The van der Waals surface area contributed by atoms with Crippen molar-refractivity contribution in [3.63, 3.8) is 0 Å². The maximum Gasteiger partial charge on any atom is 0.0186 e. The lowest BCUT2D eigenvalue weighted by Gasteiger charge is -1.84. The highest BCUT2D eigenvalue weighted by molar-refractivity contribution is 7.80. The summed E-state index contributed by atoms with van der Waals surface area (Å²) in [6, 6.07) is 0. The summed E-state index contributed by atoms with van der Waals surface area (Å²) in [5.74, 6) is 5.64. The van der Waals surface area contributed by atoms with Crippen LogP contribution in [0.1, 0.15) is 0 Å². The molecule has 0 unspecified atom stereocenters. The number of hydrazine groups is 1. The molecule has 0 spiro atoms. The van der Waals surface area contributed by atoms with E-state index in [4.69, 9.17) is 5.84 Å². The average Bonchev–Trinajstić information content (AvgIpc) is 1.41. The maximum atomic E-state index is 4.84. The van der Waals surface area contributed by atoms with Crippen LogP contribution < -0.4 is 11.3 Å². The molecule has 0 aliphatic heterocycles. The van der Waals surface area contributed by atoms with Crippen LogP contribution in [0, 0.1) is 0 Å². The molecule has 0 heterocycles. The maximum absolute atomic E-state index is 4.84. The zero-order valence-corrected chi connectivity index (χ0v) is 3.83. The van der Waals surface area contributed by atoms with E-state index in [9.17, 15) is 0 Å². The van der Waals surface area contributed by atoms with E-state index in [0.717, 1.165) is 12.3 Å². The van der Waals surface area contributed by atoms with Crippen molar-refractivity contribution in [2.75, 3.05) is 12.3 Å². The number of nitrogens with one attached hydrogen (secondary N) is 1. The Kier molecular flexibility index (Phi) is 4.50. The molecule has 0 aromatic rings. The van der Waals surface area contributed by atoms with Crippen LogP contribution in [-0.4, -0.2) is 12.3 Å². The van der Waals surface area contributed by atoms with Gasteiger partial charge in [0.2, 0.25) is 0 Å². The first-order chi connectivity index (χ1) is 2.41. The average molecular weight is 92.2 g/mol. The molecule has 0 radical (unpaired) electrons. The van der Waals surface area contributed by atoms with Crippen LogP contribution in [0.3, 0.4) is 0 Å². The lowest BCUT2D eigenvalue weighted by Crippen LogP contribution is -2.23. The Hall–Kier alpha value is 0.270. The van der Waals surface area contributed by atoms with E-state index in [1.807, 2.05) is 0 Å². The SMILES string of the molecule is NNCCS. The predicted molar refractivity (Wildman–Crippen MR) is 26.0 cm³/mol. The van der Waals surface area contributed by atoms with Crippen LogP contribution in [0.15, 0.2) is 0 Å². The van der Waals surface area contributed by atoms with Gasteiger partial charge in [-0.3, -0.25) is 11.3 Å². The smallest absolute Gasteiger partial charge is 0.0186 e. The molecule has 0 aromatic heterocycles. The van der Waals surface area contributed by atoms with Crippen LogP contribution in [-0.2, 0) is 0 Å². The van der Waals surface area contributed by atoms with E-state index in [2.05, 4.69) is 18.1 Å². The highest BCUT2D eigenvalue weighted by Gasteiger charge is 1.65. The minimum atomic E-state index is 0.781. The third kappa shape index (κ3) is 4.27. The zero-order chi connectivity index (χ0) is 4.12. The fourth-order valence-electron chi connectivity index (χ4n) is 0.0645. The Morgan fingerprint density at radius 1 is 1.80 bits per heavy atom. The third-order valence-corrected chi connectivity index (χ3v) is 0.480. The largest absolute Gasteiger partial charge is 0.271 e. The quantitative estimate of drug-likeness (QED) is 0.241. The summed E-state index contributed by atoms with van der Waals surface area (Å²) >= 11 is 3.86. The highest BCUT2D eigenvalue weighted by atomic mass is 32.1. The first kappa shape index (κ1) is 5.27. The molecule has 3 heteroatoms. The van der Waals surface area contributed by atoms with E-state index >= 15 is 0 Å². The molecule has 3 N–H and O–H groups in total. The second kappa shape index (κ2) is 4.27. The van der Waals surface area contributed by atoms with Crippen molar-refractivity contribution in [1.82, 2.24) is 5.43 Å². The molecule has 0 bridgehead atoms. The van der Waals surface area contributed by atoms with Gasteiger partial charge in [-0.2, -0.15) is 12.6 Å². The lowest BCUT2D eigenvalue weighted by molar-refractivity contribution is 0.789. The molecule has 0 saturated carbocycles. The van der Waals surface area contributed by atoms with Crippen molar-refractivity contribution in [3.05, 3.63) is 0 Å². The molecule has 5 heavy (non-hydrogen) atoms. The van der Waals surface area contributed by atoms with Crippen molar-refractivity contribution < 1.29 is 0 Å². The van der Waals surface area contributed by atoms with Gasteiger partial charge in [-0.05, 0) is 0 Å². The molecule has 0 amide bonds. The fourth-order valence-corrected chi connectivity index (χ4v) is 0.194. The van der Waals surface area contributed by atoms with Gasteiger partial charge < -0.3 is 0 Å². The number of hydrogen-bond acceptors (Lipinski definition) is 3. The van der Waals surface area contributed by atoms with Crippen LogP contribution in [0.2, 0.25) is 0 Å². The van der Waals surface area contributed by atoms with Crippen LogP contribution in [0.25, 0.3) is 0 Å². The highest BCUT2D eigenvalue weighted by Crippen LogP contribution is 1.61. The number of thiol groups is 1. The Morgan fingerprint density at radius 3 is 2.40 bits per heavy atom. The molecule has 0 aliphatic rings. The Bertz CT molecular complexity index is 15.1. The second-order valence-corrected chi connectivity index (χ2v) is 1.12. The molecule has 0 fully saturated rings. The number of rotatable bonds is 2. The van der Waals surface area contributed by atoms with E-state index in [1.165, 1.54) is 0 Å². The summed E-state index contributed by atoms with van der Waals surface area (Å²) < 4.78 is 0. The van der Waals surface area contributed by atoms with Crippen molar-refractivity contribution in [2.24, 2.45) is 5.84 Å². The standard InChI is InChI=1S/C2H8N2S/c3-4-1-2-5/h4-5H,1-3H2. The van der Waals surface area contributed by atoms with Crippen molar-refractivity contribution >= 4 is 12.6 Å². The summed E-state index contributed by atoms with van der Waals surface area (Å²) in [6.45, 7) is 0.781. The Labute approximate surface area is 37.1 Å². The minimum absolute atomic E-state index is 0.781. The second-order valence-electron chi connectivity index (χ2n) is 0.678. The van der Waals surface area contributed by atoms with Crippen LogP contribution >= 0.6 is 12.6 Å².